The summed E-state index contributed by atoms with van der Waals surface area (Å²) in [5, 5.41) is 3.29. The van der Waals surface area contributed by atoms with E-state index < -0.39 is 0 Å². The number of hydrogen-bond donors (Lipinski definition) is 1. The molecule has 0 aliphatic rings. The Labute approximate surface area is 130 Å². The average Bonchev–Trinajstić information content (AvgIpc) is 2.42. The van der Waals surface area contributed by atoms with E-state index in [1.165, 1.54) is 0 Å². The van der Waals surface area contributed by atoms with Crippen LogP contribution in [0.25, 0.3) is 0 Å². The van der Waals surface area contributed by atoms with E-state index >= 15 is 0 Å². The molecule has 0 aromatic rings. The van der Waals surface area contributed by atoms with Crippen LogP contribution in [0.1, 0.15) is 34.1 Å². The summed E-state index contributed by atoms with van der Waals surface area (Å²) in [5.41, 5.74) is 0.241. The van der Waals surface area contributed by atoms with E-state index in [1.807, 2.05) is 0 Å². The molecule has 5 nitrogen and oxygen atoms in total. The second-order valence-electron chi connectivity index (χ2n) is 6.20. The molecule has 0 saturated carbocycles. The molecule has 0 atom stereocenters. The van der Waals surface area contributed by atoms with Crippen molar-refractivity contribution >= 4 is 0 Å². The summed E-state index contributed by atoms with van der Waals surface area (Å²) in [7, 11) is 0. The van der Waals surface area contributed by atoms with Crippen molar-refractivity contribution in [1.82, 2.24) is 5.32 Å². The molecule has 1 N–H and O–H groups in total. The quantitative estimate of drug-likeness (QED) is 0.470. The molecule has 0 radical (unpaired) electrons. The molecule has 0 rings (SSSR count). The van der Waals surface area contributed by atoms with Gasteiger partial charge in [0.2, 0.25) is 0 Å². The third kappa shape index (κ3) is 19.8. The maximum absolute atomic E-state index is 5.56. The molecule has 0 heterocycles. The van der Waals surface area contributed by atoms with Gasteiger partial charge in [-0.25, -0.2) is 0 Å². The van der Waals surface area contributed by atoms with Gasteiger partial charge in [0, 0.05) is 19.7 Å². The van der Waals surface area contributed by atoms with Crippen LogP contribution >= 0.6 is 0 Å². The molecule has 0 fully saturated rings. The van der Waals surface area contributed by atoms with E-state index in [0.717, 1.165) is 39.3 Å². The first-order valence-electron chi connectivity index (χ1n) is 8.08. The molecule has 0 aromatic carbocycles. The number of ether oxygens (including phenoxy) is 4. The second-order valence-corrected chi connectivity index (χ2v) is 6.20. The van der Waals surface area contributed by atoms with Gasteiger partial charge in [0.15, 0.2) is 0 Å². The fourth-order valence-corrected chi connectivity index (χ4v) is 1.48. The van der Waals surface area contributed by atoms with Gasteiger partial charge in [0.1, 0.15) is 0 Å². The predicted octanol–water partition coefficient (Wildman–Crippen LogP) is 2.10. The van der Waals surface area contributed by atoms with Crippen molar-refractivity contribution in [3.05, 3.63) is 0 Å². The zero-order valence-corrected chi connectivity index (χ0v) is 14.4. The summed E-state index contributed by atoms with van der Waals surface area (Å²) in [6.07, 6.45) is 1.05. The van der Waals surface area contributed by atoms with Crippen molar-refractivity contribution in [2.75, 3.05) is 65.9 Å². The van der Waals surface area contributed by atoms with E-state index in [9.17, 15) is 0 Å². The topological polar surface area (TPSA) is 49.0 Å². The third-order valence-electron chi connectivity index (χ3n) is 2.47. The zero-order chi connectivity index (χ0) is 15.8. The minimum Gasteiger partial charge on any atom is -0.380 e. The molecule has 0 spiro atoms. The maximum atomic E-state index is 5.56. The first kappa shape index (κ1) is 20.8. The van der Waals surface area contributed by atoms with Crippen LogP contribution in [0.2, 0.25) is 0 Å². The van der Waals surface area contributed by atoms with Crippen LogP contribution in [0.15, 0.2) is 0 Å². The summed E-state index contributed by atoms with van der Waals surface area (Å²) in [6.45, 7) is 16.0. The molecule has 0 bridgehead atoms. The normalized spacial score (nSPS) is 12.0. The summed E-state index contributed by atoms with van der Waals surface area (Å²) in [5.74, 6) is 0. The van der Waals surface area contributed by atoms with E-state index in [-0.39, 0.29) is 5.41 Å². The van der Waals surface area contributed by atoms with E-state index in [1.54, 1.807) is 0 Å². The summed E-state index contributed by atoms with van der Waals surface area (Å²) >= 11 is 0. The molecule has 0 amide bonds. The lowest BCUT2D eigenvalue weighted by molar-refractivity contribution is 0.0148. The smallest absolute Gasteiger partial charge is 0.0701 e. The van der Waals surface area contributed by atoms with Gasteiger partial charge in [-0.3, -0.25) is 0 Å². The largest absolute Gasteiger partial charge is 0.380 e. The standard InChI is InChI=1S/C16H35NO4/c1-5-8-18-11-13-20-14-12-19-9-6-17-7-10-21-15-16(2,3)4/h17H,5-15H2,1-4H3. The van der Waals surface area contributed by atoms with Crippen LogP contribution in [0.5, 0.6) is 0 Å². The average molecular weight is 305 g/mol. The molecule has 5 heteroatoms. The van der Waals surface area contributed by atoms with Gasteiger partial charge in [-0.05, 0) is 11.8 Å². The molecule has 0 aliphatic carbocycles. The highest BCUT2D eigenvalue weighted by Gasteiger charge is 2.09. The monoisotopic (exact) mass is 305 g/mol. The van der Waals surface area contributed by atoms with Gasteiger partial charge < -0.3 is 24.3 Å². The van der Waals surface area contributed by atoms with Crippen molar-refractivity contribution in [2.45, 2.75) is 34.1 Å². The lowest BCUT2D eigenvalue weighted by Crippen LogP contribution is -2.26. The van der Waals surface area contributed by atoms with Crippen LogP contribution in [-0.2, 0) is 18.9 Å². The highest BCUT2D eigenvalue weighted by molar-refractivity contribution is 4.59. The SMILES string of the molecule is CCCOCCOCCOCCNCCOCC(C)(C)C. The van der Waals surface area contributed by atoms with Crippen molar-refractivity contribution in [3.8, 4) is 0 Å². The van der Waals surface area contributed by atoms with Crippen LogP contribution in [0.3, 0.4) is 0 Å². The van der Waals surface area contributed by atoms with E-state index in [4.69, 9.17) is 18.9 Å². The molecule has 128 valence electrons. The number of hydrogen-bond acceptors (Lipinski definition) is 5. The molecule has 0 aromatic heterocycles. The van der Waals surface area contributed by atoms with Crippen LogP contribution in [0, 0.1) is 5.41 Å². The molecular formula is C16H35NO4. The Bertz CT molecular complexity index is 207. The third-order valence-corrected chi connectivity index (χ3v) is 2.47. The highest BCUT2D eigenvalue weighted by Crippen LogP contribution is 2.12. The second kappa shape index (κ2) is 14.7. The lowest BCUT2D eigenvalue weighted by Gasteiger charge is -2.18. The molecule has 21 heavy (non-hydrogen) atoms. The highest BCUT2D eigenvalue weighted by atomic mass is 16.5. The fourth-order valence-electron chi connectivity index (χ4n) is 1.48. The zero-order valence-electron chi connectivity index (χ0n) is 14.4. The van der Waals surface area contributed by atoms with Crippen LogP contribution in [0.4, 0.5) is 0 Å². The Kier molecular flexibility index (Phi) is 14.6. The Morgan fingerprint density at radius 2 is 1.14 bits per heavy atom. The summed E-state index contributed by atoms with van der Waals surface area (Å²) in [4.78, 5) is 0. The van der Waals surface area contributed by atoms with Crippen LogP contribution < -0.4 is 5.32 Å². The lowest BCUT2D eigenvalue weighted by atomic mass is 9.99. The fraction of sp³-hybridized carbons (Fsp3) is 1.00. The van der Waals surface area contributed by atoms with E-state index in [0.29, 0.717) is 33.0 Å². The Hall–Kier alpha value is -0.200. The Morgan fingerprint density at radius 1 is 0.667 bits per heavy atom. The first-order valence-corrected chi connectivity index (χ1v) is 8.08. The first-order chi connectivity index (χ1) is 10.1. The van der Waals surface area contributed by atoms with Crippen molar-refractivity contribution < 1.29 is 18.9 Å². The number of rotatable bonds is 15. The molecule has 0 unspecified atom stereocenters. The van der Waals surface area contributed by atoms with E-state index in [2.05, 4.69) is 33.0 Å². The van der Waals surface area contributed by atoms with Gasteiger partial charge in [0.25, 0.3) is 0 Å². The molecule has 0 aliphatic heterocycles. The summed E-state index contributed by atoms with van der Waals surface area (Å²) in [6, 6.07) is 0. The molecular weight excluding hydrogens is 270 g/mol. The van der Waals surface area contributed by atoms with Crippen molar-refractivity contribution in [2.24, 2.45) is 5.41 Å². The maximum Gasteiger partial charge on any atom is 0.0701 e. The van der Waals surface area contributed by atoms with Gasteiger partial charge in [-0.2, -0.15) is 0 Å². The Balaban J connectivity index is 3.00. The van der Waals surface area contributed by atoms with Crippen molar-refractivity contribution in [3.63, 3.8) is 0 Å². The number of nitrogens with one attached hydrogen (secondary N) is 1. The van der Waals surface area contributed by atoms with Gasteiger partial charge in [-0.1, -0.05) is 27.7 Å². The van der Waals surface area contributed by atoms with Gasteiger partial charge >= 0.3 is 0 Å². The van der Waals surface area contributed by atoms with Gasteiger partial charge in [-0.15, -0.1) is 0 Å². The minimum atomic E-state index is 0.241. The Morgan fingerprint density at radius 3 is 1.67 bits per heavy atom. The predicted molar refractivity (Wildman–Crippen MR) is 85.9 cm³/mol. The van der Waals surface area contributed by atoms with Crippen molar-refractivity contribution in [1.29, 1.82) is 0 Å². The minimum absolute atomic E-state index is 0.241. The van der Waals surface area contributed by atoms with Crippen LogP contribution in [-0.4, -0.2) is 65.9 Å². The van der Waals surface area contributed by atoms with Gasteiger partial charge in [0.05, 0.1) is 46.2 Å². The summed E-state index contributed by atoms with van der Waals surface area (Å²) < 4.78 is 21.7. The molecule has 0 saturated heterocycles.